The van der Waals surface area contributed by atoms with Crippen LogP contribution >= 0.6 is 0 Å². The first-order chi connectivity index (χ1) is 19.7. The van der Waals surface area contributed by atoms with Crippen molar-refractivity contribution < 1.29 is 33.3 Å². The van der Waals surface area contributed by atoms with Crippen LogP contribution in [-0.2, 0) is 33.3 Å². The zero-order valence-electron chi connectivity index (χ0n) is 26.4. The van der Waals surface area contributed by atoms with Gasteiger partial charge >= 0.3 is 11.9 Å². The van der Waals surface area contributed by atoms with Gasteiger partial charge in [0.25, 0.3) is 0 Å². The Hall–Kier alpha value is -1.18. The molecule has 0 spiro atoms. The zero-order valence-corrected chi connectivity index (χ0v) is 26.4. The van der Waals surface area contributed by atoms with E-state index >= 15 is 0 Å². The molecule has 0 aromatic rings. The Morgan fingerprint density at radius 3 is 0.925 bits per heavy atom. The molecule has 0 fully saturated rings. The molecule has 0 saturated carbocycles. The minimum absolute atomic E-state index is 0.131. The van der Waals surface area contributed by atoms with Crippen LogP contribution < -0.4 is 0 Å². The van der Waals surface area contributed by atoms with Crippen molar-refractivity contribution in [1.29, 1.82) is 0 Å². The molecule has 0 aromatic carbocycles. The standard InChI is InChI=1S/C33H64O7/c1-3-5-7-9-10-11-12-13-14-15-16-17-18-19-21-23-33(35)40-31-29-38-27-25-36-24-26-37-28-30-39-32(34)22-20-8-6-4-2/h3-31H2,1-2H3. The number of carbonyl (C=O) groups excluding carboxylic acids is 2. The SMILES string of the molecule is CCCCCCCCCCCCCCCCCC(=O)OCCOCCOCCOCCOC(=O)CCCCCC. The second kappa shape index (κ2) is 34.0. The van der Waals surface area contributed by atoms with Crippen molar-refractivity contribution in [2.45, 2.75) is 149 Å². The molecule has 7 heteroatoms. The Labute approximate surface area is 246 Å². The molecular weight excluding hydrogens is 508 g/mol. The molecular formula is C33H64O7. The van der Waals surface area contributed by atoms with Gasteiger partial charge in [-0.3, -0.25) is 9.59 Å². The molecule has 0 aliphatic rings. The summed E-state index contributed by atoms with van der Waals surface area (Å²) in [5.74, 6) is -0.280. The van der Waals surface area contributed by atoms with E-state index in [4.69, 9.17) is 23.7 Å². The van der Waals surface area contributed by atoms with Crippen LogP contribution in [0.3, 0.4) is 0 Å². The molecule has 40 heavy (non-hydrogen) atoms. The van der Waals surface area contributed by atoms with Crippen molar-refractivity contribution in [2.24, 2.45) is 0 Å². The summed E-state index contributed by atoms with van der Waals surface area (Å²) >= 11 is 0. The monoisotopic (exact) mass is 572 g/mol. The maximum absolute atomic E-state index is 11.8. The topological polar surface area (TPSA) is 80.3 Å². The average Bonchev–Trinajstić information content (AvgIpc) is 2.95. The summed E-state index contributed by atoms with van der Waals surface area (Å²) < 4.78 is 26.6. The van der Waals surface area contributed by atoms with Gasteiger partial charge in [-0.15, -0.1) is 0 Å². The number of unbranched alkanes of at least 4 members (excludes halogenated alkanes) is 17. The molecule has 0 heterocycles. The molecule has 0 atom stereocenters. The highest BCUT2D eigenvalue weighted by molar-refractivity contribution is 5.69. The van der Waals surface area contributed by atoms with E-state index in [1.165, 1.54) is 83.5 Å². The highest BCUT2D eigenvalue weighted by Crippen LogP contribution is 2.14. The van der Waals surface area contributed by atoms with Crippen LogP contribution in [0.2, 0.25) is 0 Å². The smallest absolute Gasteiger partial charge is 0.305 e. The van der Waals surface area contributed by atoms with Crippen LogP contribution in [0.25, 0.3) is 0 Å². The first kappa shape index (κ1) is 38.8. The molecule has 0 N–H and O–H groups in total. The Kier molecular flexibility index (Phi) is 33.0. The molecule has 0 aliphatic heterocycles. The zero-order chi connectivity index (χ0) is 29.2. The fourth-order valence-corrected chi connectivity index (χ4v) is 4.45. The number of hydrogen-bond donors (Lipinski definition) is 0. The fourth-order valence-electron chi connectivity index (χ4n) is 4.45. The van der Waals surface area contributed by atoms with Crippen LogP contribution in [0.15, 0.2) is 0 Å². The largest absolute Gasteiger partial charge is 0.463 e. The Morgan fingerprint density at radius 2 is 0.600 bits per heavy atom. The molecule has 0 aromatic heterocycles. The van der Waals surface area contributed by atoms with E-state index in [1.807, 2.05) is 0 Å². The lowest BCUT2D eigenvalue weighted by Gasteiger charge is -2.08. The summed E-state index contributed by atoms with van der Waals surface area (Å²) in [5, 5.41) is 0. The molecule has 0 aliphatic carbocycles. The summed E-state index contributed by atoms with van der Waals surface area (Å²) in [6, 6.07) is 0. The van der Waals surface area contributed by atoms with Gasteiger partial charge in [0.2, 0.25) is 0 Å². The normalized spacial score (nSPS) is 11.2. The Morgan fingerprint density at radius 1 is 0.350 bits per heavy atom. The van der Waals surface area contributed by atoms with Crippen LogP contribution in [-0.4, -0.2) is 64.8 Å². The van der Waals surface area contributed by atoms with Crippen molar-refractivity contribution in [3.8, 4) is 0 Å². The number of carbonyl (C=O) groups is 2. The van der Waals surface area contributed by atoms with Gasteiger partial charge in [-0.1, -0.05) is 123 Å². The van der Waals surface area contributed by atoms with E-state index in [0.717, 1.165) is 38.5 Å². The maximum atomic E-state index is 11.8. The van der Waals surface area contributed by atoms with Crippen molar-refractivity contribution in [3.63, 3.8) is 0 Å². The van der Waals surface area contributed by atoms with Crippen molar-refractivity contribution in [2.75, 3.05) is 52.9 Å². The molecule has 0 saturated heterocycles. The van der Waals surface area contributed by atoms with Gasteiger partial charge in [0.05, 0.1) is 39.6 Å². The van der Waals surface area contributed by atoms with E-state index in [1.54, 1.807) is 0 Å². The fraction of sp³-hybridized carbons (Fsp3) is 0.939. The number of esters is 2. The highest BCUT2D eigenvalue weighted by Gasteiger charge is 2.04. The van der Waals surface area contributed by atoms with Gasteiger partial charge in [0, 0.05) is 12.8 Å². The molecule has 7 nitrogen and oxygen atoms in total. The molecule has 0 unspecified atom stereocenters. The van der Waals surface area contributed by atoms with Crippen molar-refractivity contribution in [1.82, 2.24) is 0 Å². The summed E-state index contributed by atoms with van der Waals surface area (Å²) in [5.41, 5.74) is 0. The minimum atomic E-state index is -0.149. The van der Waals surface area contributed by atoms with Gasteiger partial charge in [-0.05, 0) is 12.8 Å². The first-order valence-corrected chi connectivity index (χ1v) is 16.7. The van der Waals surface area contributed by atoms with Gasteiger partial charge in [0.15, 0.2) is 0 Å². The average molecular weight is 573 g/mol. The lowest BCUT2D eigenvalue weighted by atomic mass is 10.0. The molecule has 0 rings (SSSR count). The number of hydrogen-bond acceptors (Lipinski definition) is 7. The third kappa shape index (κ3) is 33.0. The van der Waals surface area contributed by atoms with Crippen LogP contribution in [0, 0.1) is 0 Å². The van der Waals surface area contributed by atoms with E-state index in [-0.39, 0.29) is 25.2 Å². The molecule has 0 amide bonds. The summed E-state index contributed by atoms with van der Waals surface area (Å²) in [7, 11) is 0. The predicted molar refractivity (Wildman–Crippen MR) is 163 cm³/mol. The minimum Gasteiger partial charge on any atom is -0.463 e. The lowest BCUT2D eigenvalue weighted by Crippen LogP contribution is -2.15. The van der Waals surface area contributed by atoms with E-state index in [2.05, 4.69) is 13.8 Å². The second-order valence-electron chi connectivity index (χ2n) is 10.8. The van der Waals surface area contributed by atoms with Crippen LogP contribution in [0.1, 0.15) is 149 Å². The van der Waals surface area contributed by atoms with E-state index < -0.39 is 0 Å². The number of rotatable bonds is 33. The maximum Gasteiger partial charge on any atom is 0.305 e. The summed E-state index contributed by atoms with van der Waals surface area (Å²) in [6.45, 7) is 7.58. The summed E-state index contributed by atoms with van der Waals surface area (Å²) in [4.78, 5) is 23.4. The number of ether oxygens (including phenoxy) is 5. The quantitative estimate of drug-likeness (QED) is 0.0577. The Bertz CT molecular complexity index is 527. The van der Waals surface area contributed by atoms with Gasteiger partial charge in [-0.25, -0.2) is 0 Å². The first-order valence-electron chi connectivity index (χ1n) is 16.7. The third-order valence-corrected chi connectivity index (χ3v) is 6.94. The van der Waals surface area contributed by atoms with Gasteiger partial charge in [-0.2, -0.15) is 0 Å². The van der Waals surface area contributed by atoms with Gasteiger partial charge in [0.1, 0.15) is 13.2 Å². The molecule has 238 valence electrons. The highest BCUT2D eigenvalue weighted by atomic mass is 16.6. The lowest BCUT2D eigenvalue weighted by molar-refractivity contribution is -0.146. The van der Waals surface area contributed by atoms with Crippen LogP contribution in [0.4, 0.5) is 0 Å². The second-order valence-corrected chi connectivity index (χ2v) is 10.8. The van der Waals surface area contributed by atoms with E-state index in [0.29, 0.717) is 52.5 Å². The Balaban J connectivity index is 3.20. The molecule has 0 radical (unpaired) electrons. The van der Waals surface area contributed by atoms with E-state index in [9.17, 15) is 9.59 Å². The van der Waals surface area contributed by atoms with Crippen molar-refractivity contribution in [3.05, 3.63) is 0 Å². The van der Waals surface area contributed by atoms with Gasteiger partial charge < -0.3 is 23.7 Å². The third-order valence-electron chi connectivity index (χ3n) is 6.94. The van der Waals surface area contributed by atoms with Crippen molar-refractivity contribution >= 4 is 11.9 Å². The molecule has 0 bridgehead atoms. The predicted octanol–water partition coefficient (Wildman–Crippen LogP) is 8.35. The summed E-state index contributed by atoms with van der Waals surface area (Å²) in [6.07, 6.45) is 25.1. The van der Waals surface area contributed by atoms with Crippen LogP contribution in [0.5, 0.6) is 0 Å².